The van der Waals surface area contributed by atoms with E-state index in [2.05, 4.69) is 84.9 Å². The highest BCUT2D eigenvalue weighted by molar-refractivity contribution is 6.00. The Bertz CT molecular complexity index is 2470. The molecule has 46 heavy (non-hydrogen) atoms. The van der Waals surface area contributed by atoms with Crippen molar-refractivity contribution in [3.05, 3.63) is 150 Å². The average Bonchev–Trinajstić information content (AvgIpc) is 3.34. The van der Waals surface area contributed by atoms with Crippen LogP contribution in [0.25, 0.3) is 78.2 Å². The van der Waals surface area contributed by atoms with E-state index in [-0.39, 0.29) is 5.69 Å². The highest BCUT2D eigenvalue weighted by Crippen LogP contribution is 2.36. The van der Waals surface area contributed by atoms with E-state index in [1.54, 1.807) is 23.2 Å². The second-order valence-electron chi connectivity index (χ2n) is 11.4. The number of aromatic nitrogens is 5. The largest absolute Gasteiger partial charge is 0.328 e. The van der Waals surface area contributed by atoms with Gasteiger partial charge in [0.1, 0.15) is 0 Å². The van der Waals surface area contributed by atoms with Gasteiger partial charge in [0.25, 0.3) is 0 Å². The fraction of sp³-hybridized carbons (Fsp3) is 0.0500. The van der Waals surface area contributed by atoms with Crippen molar-refractivity contribution < 1.29 is 0 Å². The highest BCUT2D eigenvalue weighted by atomic mass is 16.1. The maximum atomic E-state index is 12.6. The smallest absolute Gasteiger partial charge is 0.295 e. The predicted octanol–water partition coefficient (Wildman–Crippen LogP) is 8.55. The molecule has 6 heteroatoms. The molecule has 0 bridgehead atoms. The van der Waals surface area contributed by atoms with E-state index in [1.165, 1.54) is 10.8 Å². The fourth-order valence-corrected chi connectivity index (χ4v) is 6.24. The van der Waals surface area contributed by atoms with Gasteiger partial charge in [-0.2, -0.15) is 0 Å². The van der Waals surface area contributed by atoms with Crippen molar-refractivity contribution in [2.75, 3.05) is 0 Å². The van der Waals surface area contributed by atoms with Crippen LogP contribution >= 0.6 is 0 Å². The minimum Gasteiger partial charge on any atom is -0.295 e. The molecule has 6 aromatic carbocycles. The van der Waals surface area contributed by atoms with Crippen molar-refractivity contribution in [2.45, 2.75) is 0 Å². The average molecular weight is 596 g/mol. The molecule has 0 aliphatic rings. The maximum absolute atomic E-state index is 12.6. The Morgan fingerprint density at radius 3 is 1.85 bits per heavy atom. The first-order valence-corrected chi connectivity index (χ1v) is 15.2. The molecular weight excluding hydrogens is 566 g/mol. The van der Waals surface area contributed by atoms with E-state index < -0.39 is 0 Å². The maximum Gasteiger partial charge on any atom is 0.328 e. The molecular formula is C40H29N5O. The standard InChI is InChI=1S/C40H29N5O/c1-44-35-23-22-29(25-36(35)45(2)40(44)46)28-16-10-17-30(24-28)38-41-37(27-13-4-3-5-14-27)42-39(43-38)34-20-9-8-19-33(34)32-21-11-15-26-12-6-7-18-31(26)32/h3-25H,1-2H3. The van der Waals surface area contributed by atoms with E-state index in [1.807, 2.05) is 54.6 Å². The molecule has 0 radical (unpaired) electrons. The molecule has 0 fully saturated rings. The van der Waals surface area contributed by atoms with Crippen molar-refractivity contribution in [1.82, 2.24) is 24.1 Å². The van der Waals surface area contributed by atoms with Gasteiger partial charge in [0, 0.05) is 30.8 Å². The second-order valence-corrected chi connectivity index (χ2v) is 11.4. The van der Waals surface area contributed by atoms with Gasteiger partial charge in [-0.05, 0) is 51.2 Å². The van der Waals surface area contributed by atoms with Crippen LogP contribution in [0.5, 0.6) is 0 Å². The van der Waals surface area contributed by atoms with Gasteiger partial charge in [0.2, 0.25) is 0 Å². The van der Waals surface area contributed by atoms with Crippen LogP contribution in [0.3, 0.4) is 0 Å². The van der Waals surface area contributed by atoms with Gasteiger partial charge in [-0.3, -0.25) is 9.13 Å². The Balaban J connectivity index is 1.30. The molecule has 0 spiro atoms. The monoisotopic (exact) mass is 595 g/mol. The zero-order valence-corrected chi connectivity index (χ0v) is 25.4. The number of hydrogen-bond acceptors (Lipinski definition) is 4. The molecule has 2 heterocycles. The molecule has 0 saturated carbocycles. The summed E-state index contributed by atoms with van der Waals surface area (Å²) in [5.41, 5.74) is 8.67. The van der Waals surface area contributed by atoms with Crippen LogP contribution in [0.1, 0.15) is 0 Å². The van der Waals surface area contributed by atoms with Gasteiger partial charge in [0.15, 0.2) is 17.5 Å². The van der Waals surface area contributed by atoms with Crippen LogP contribution in [0, 0.1) is 0 Å². The van der Waals surface area contributed by atoms with E-state index in [9.17, 15) is 4.79 Å². The quantitative estimate of drug-likeness (QED) is 0.200. The molecule has 220 valence electrons. The Kier molecular flexibility index (Phi) is 6.61. The predicted molar refractivity (Wildman–Crippen MR) is 186 cm³/mol. The second kappa shape index (κ2) is 11.1. The summed E-state index contributed by atoms with van der Waals surface area (Å²) in [6, 6.07) is 47.5. The number of fused-ring (bicyclic) bond motifs is 2. The molecule has 0 N–H and O–H groups in total. The van der Waals surface area contributed by atoms with Crippen LogP contribution < -0.4 is 5.69 Å². The summed E-state index contributed by atoms with van der Waals surface area (Å²) in [4.78, 5) is 27.7. The van der Waals surface area contributed by atoms with Crippen molar-refractivity contribution >= 4 is 21.8 Å². The van der Waals surface area contributed by atoms with Gasteiger partial charge in [0.05, 0.1) is 11.0 Å². The Morgan fingerprint density at radius 2 is 1.00 bits per heavy atom. The van der Waals surface area contributed by atoms with Gasteiger partial charge in [-0.1, -0.05) is 121 Å². The lowest BCUT2D eigenvalue weighted by Crippen LogP contribution is -2.19. The Morgan fingerprint density at radius 1 is 0.435 bits per heavy atom. The van der Waals surface area contributed by atoms with Crippen LogP contribution in [-0.4, -0.2) is 24.1 Å². The number of hydrogen-bond donors (Lipinski definition) is 0. The van der Waals surface area contributed by atoms with E-state index in [4.69, 9.17) is 15.0 Å². The number of rotatable bonds is 5. The first-order chi connectivity index (χ1) is 22.5. The van der Waals surface area contributed by atoms with Crippen molar-refractivity contribution in [2.24, 2.45) is 14.1 Å². The SMILES string of the molecule is Cn1c(=O)n(C)c2cc(-c3cccc(-c4nc(-c5ccccc5)nc(-c5ccccc5-c5cccc6ccccc56)n4)c3)ccc21. The normalized spacial score (nSPS) is 11.3. The van der Waals surface area contributed by atoms with Gasteiger partial charge >= 0.3 is 5.69 Å². The summed E-state index contributed by atoms with van der Waals surface area (Å²) in [5, 5.41) is 2.36. The molecule has 0 aliphatic carbocycles. The number of aryl methyl sites for hydroxylation is 2. The third-order valence-electron chi connectivity index (χ3n) is 8.64. The minimum atomic E-state index is -0.0455. The zero-order chi connectivity index (χ0) is 31.2. The summed E-state index contributed by atoms with van der Waals surface area (Å²) in [7, 11) is 3.60. The molecule has 0 saturated heterocycles. The number of imidazole rings is 1. The fourth-order valence-electron chi connectivity index (χ4n) is 6.24. The highest BCUT2D eigenvalue weighted by Gasteiger charge is 2.17. The third-order valence-corrected chi connectivity index (χ3v) is 8.64. The Hall–Kier alpha value is -6.14. The molecule has 8 aromatic rings. The zero-order valence-electron chi connectivity index (χ0n) is 25.4. The van der Waals surface area contributed by atoms with E-state index >= 15 is 0 Å². The van der Waals surface area contributed by atoms with Gasteiger partial charge in [-0.25, -0.2) is 19.7 Å². The van der Waals surface area contributed by atoms with Crippen LogP contribution in [0.2, 0.25) is 0 Å². The Labute approximate surface area is 265 Å². The number of benzene rings is 6. The van der Waals surface area contributed by atoms with Gasteiger partial charge in [-0.15, -0.1) is 0 Å². The molecule has 0 unspecified atom stereocenters. The third kappa shape index (κ3) is 4.68. The summed E-state index contributed by atoms with van der Waals surface area (Å²) in [5.74, 6) is 1.81. The topological polar surface area (TPSA) is 65.6 Å². The van der Waals surface area contributed by atoms with Crippen LogP contribution in [0.4, 0.5) is 0 Å². The molecule has 0 amide bonds. The molecule has 2 aromatic heterocycles. The lowest BCUT2D eigenvalue weighted by atomic mass is 9.94. The van der Waals surface area contributed by atoms with Gasteiger partial charge < -0.3 is 0 Å². The first kappa shape index (κ1) is 27.4. The summed E-state index contributed by atoms with van der Waals surface area (Å²) < 4.78 is 3.35. The van der Waals surface area contributed by atoms with Crippen LogP contribution in [-0.2, 0) is 14.1 Å². The number of nitrogens with zero attached hydrogens (tertiary/aromatic N) is 5. The van der Waals surface area contributed by atoms with Crippen molar-refractivity contribution in [1.29, 1.82) is 0 Å². The van der Waals surface area contributed by atoms with Crippen molar-refractivity contribution in [3.8, 4) is 56.4 Å². The van der Waals surface area contributed by atoms with E-state index in [0.29, 0.717) is 17.5 Å². The summed E-state index contributed by atoms with van der Waals surface area (Å²) >= 11 is 0. The van der Waals surface area contributed by atoms with E-state index in [0.717, 1.165) is 50.0 Å². The first-order valence-electron chi connectivity index (χ1n) is 15.2. The lowest BCUT2D eigenvalue weighted by Gasteiger charge is -2.14. The summed E-state index contributed by atoms with van der Waals surface area (Å²) in [6.45, 7) is 0. The molecule has 8 rings (SSSR count). The lowest BCUT2D eigenvalue weighted by molar-refractivity contribution is 0.795. The van der Waals surface area contributed by atoms with Crippen molar-refractivity contribution in [3.63, 3.8) is 0 Å². The molecule has 0 aliphatic heterocycles. The minimum absolute atomic E-state index is 0.0455. The molecule has 0 atom stereocenters. The summed E-state index contributed by atoms with van der Waals surface area (Å²) in [6.07, 6.45) is 0. The molecule has 6 nitrogen and oxygen atoms in total. The van der Waals surface area contributed by atoms with Crippen LogP contribution in [0.15, 0.2) is 144 Å².